The smallest absolute Gasteiger partial charge is 0.257 e. The molecule has 1 N–H and O–H groups in total. The van der Waals surface area contributed by atoms with Crippen molar-refractivity contribution in [2.24, 2.45) is 0 Å². The average molecular weight is 288 g/mol. The monoisotopic (exact) mass is 288 g/mol. The second-order valence-electron chi connectivity index (χ2n) is 4.13. The van der Waals surface area contributed by atoms with Gasteiger partial charge in [0.15, 0.2) is 0 Å². The molecule has 21 heavy (non-hydrogen) atoms. The molecule has 6 nitrogen and oxygen atoms in total. The minimum atomic E-state index is -0.312. The molecule has 0 saturated heterocycles. The molecular formula is C15H16N2O4. The lowest BCUT2D eigenvalue weighted by Gasteiger charge is -2.12. The van der Waals surface area contributed by atoms with Gasteiger partial charge in [0, 0.05) is 12.3 Å². The first-order chi connectivity index (χ1) is 10.2. The molecule has 2 rings (SSSR count). The Balaban J connectivity index is 2.25. The number of nitrogens with zero attached hydrogens (tertiary/aromatic N) is 1. The van der Waals surface area contributed by atoms with Crippen molar-refractivity contribution in [3.05, 3.63) is 42.2 Å². The van der Waals surface area contributed by atoms with Crippen LogP contribution in [0.2, 0.25) is 0 Å². The van der Waals surface area contributed by atoms with Gasteiger partial charge in [-0.2, -0.15) is 0 Å². The molecule has 0 spiro atoms. The van der Waals surface area contributed by atoms with Gasteiger partial charge < -0.3 is 19.5 Å². The topological polar surface area (TPSA) is 69.7 Å². The maximum atomic E-state index is 12.2. The summed E-state index contributed by atoms with van der Waals surface area (Å²) in [6, 6.07) is 6.76. The Morgan fingerprint density at radius 3 is 2.43 bits per heavy atom. The Bertz CT molecular complexity index is 643. The third-order valence-electron chi connectivity index (χ3n) is 2.87. The fourth-order valence-corrected chi connectivity index (χ4v) is 1.76. The highest BCUT2D eigenvalue weighted by Gasteiger charge is 2.12. The van der Waals surface area contributed by atoms with Gasteiger partial charge in [-0.1, -0.05) is 0 Å². The van der Waals surface area contributed by atoms with Gasteiger partial charge in [0.1, 0.15) is 17.2 Å². The fourth-order valence-electron chi connectivity index (χ4n) is 1.76. The first-order valence-corrected chi connectivity index (χ1v) is 6.20. The maximum absolute atomic E-state index is 12.2. The van der Waals surface area contributed by atoms with E-state index >= 15 is 0 Å². The number of nitrogens with one attached hydrogen (secondary N) is 1. The summed E-state index contributed by atoms with van der Waals surface area (Å²) < 4.78 is 15.4. The fraction of sp³-hybridized carbons (Fsp3) is 0.200. The van der Waals surface area contributed by atoms with Crippen molar-refractivity contribution in [3.63, 3.8) is 0 Å². The first kappa shape index (κ1) is 14.6. The van der Waals surface area contributed by atoms with Crippen LogP contribution in [0.1, 0.15) is 10.4 Å². The minimum Gasteiger partial charge on any atom is -0.497 e. The number of ether oxygens (including phenoxy) is 3. The van der Waals surface area contributed by atoms with Crippen LogP contribution in [-0.4, -0.2) is 32.2 Å². The van der Waals surface area contributed by atoms with Crippen molar-refractivity contribution in [1.29, 1.82) is 0 Å². The Hall–Kier alpha value is -2.76. The molecule has 2 aromatic rings. The first-order valence-electron chi connectivity index (χ1n) is 6.20. The highest BCUT2D eigenvalue weighted by molar-refractivity contribution is 6.05. The van der Waals surface area contributed by atoms with Crippen molar-refractivity contribution in [1.82, 2.24) is 4.98 Å². The Morgan fingerprint density at radius 2 is 1.76 bits per heavy atom. The van der Waals surface area contributed by atoms with Crippen LogP contribution in [0.5, 0.6) is 17.2 Å². The van der Waals surface area contributed by atoms with Crippen molar-refractivity contribution in [2.45, 2.75) is 0 Å². The van der Waals surface area contributed by atoms with Gasteiger partial charge >= 0.3 is 0 Å². The van der Waals surface area contributed by atoms with Crippen LogP contribution in [0.4, 0.5) is 5.69 Å². The molecule has 0 aliphatic rings. The second-order valence-corrected chi connectivity index (χ2v) is 4.13. The van der Waals surface area contributed by atoms with E-state index in [1.54, 1.807) is 31.4 Å². The van der Waals surface area contributed by atoms with Crippen LogP contribution in [0.25, 0.3) is 0 Å². The zero-order valence-electron chi connectivity index (χ0n) is 12.0. The van der Waals surface area contributed by atoms with E-state index in [9.17, 15) is 4.79 Å². The molecule has 0 bridgehead atoms. The molecular weight excluding hydrogens is 272 g/mol. The van der Waals surface area contributed by atoms with E-state index in [-0.39, 0.29) is 5.91 Å². The molecule has 0 aliphatic heterocycles. The summed E-state index contributed by atoms with van der Waals surface area (Å²) >= 11 is 0. The number of pyridine rings is 1. The number of amides is 1. The lowest BCUT2D eigenvalue weighted by atomic mass is 10.2. The van der Waals surface area contributed by atoms with Crippen molar-refractivity contribution < 1.29 is 19.0 Å². The number of hydrogen-bond acceptors (Lipinski definition) is 5. The molecule has 6 heteroatoms. The quantitative estimate of drug-likeness (QED) is 0.914. The summed E-state index contributed by atoms with van der Waals surface area (Å²) in [6.45, 7) is 0. The van der Waals surface area contributed by atoms with Crippen LogP contribution in [-0.2, 0) is 0 Å². The minimum absolute atomic E-state index is 0.312. The number of hydrogen-bond donors (Lipinski definition) is 1. The second kappa shape index (κ2) is 6.60. The maximum Gasteiger partial charge on any atom is 0.257 e. The van der Waals surface area contributed by atoms with Crippen LogP contribution >= 0.6 is 0 Å². The van der Waals surface area contributed by atoms with Gasteiger partial charge in [0.2, 0.25) is 0 Å². The molecule has 1 amide bonds. The highest BCUT2D eigenvalue weighted by Crippen LogP contribution is 2.29. The van der Waals surface area contributed by atoms with Crippen LogP contribution in [0, 0.1) is 0 Å². The zero-order valence-corrected chi connectivity index (χ0v) is 12.0. The molecule has 1 aromatic heterocycles. The van der Waals surface area contributed by atoms with Crippen LogP contribution < -0.4 is 19.5 Å². The SMILES string of the molecule is COc1cncc(C(=O)Nc2cc(OC)ccc2OC)c1. The number of carbonyl (C=O) groups is 1. The summed E-state index contributed by atoms with van der Waals surface area (Å²) in [5, 5.41) is 2.76. The van der Waals surface area contributed by atoms with Gasteiger partial charge in [0.25, 0.3) is 5.91 Å². The molecule has 0 aliphatic carbocycles. The molecule has 0 atom stereocenters. The highest BCUT2D eigenvalue weighted by atomic mass is 16.5. The van der Waals surface area contributed by atoms with E-state index in [1.165, 1.54) is 26.6 Å². The number of aromatic nitrogens is 1. The Labute approximate surface area is 122 Å². The van der Waals surface area contributed by atoms with Gasteiger partial charge in [0.05, 0.1) is 38.8 Å². The summed E-state index contributed by atoms with van der Waals surface area (Å²) in [6.07, 6.45) is 2.99. The van der Waals surface area contributed by atoms with Crippen molar-refractivity contribution in [2.75, 3.05) is 26.6 Å². The number of carbonyl (C=O) groups excluding carboxylic acids is 1. The lowest BCUT2D eigenvalue weighted by Crippen LogP contribution is -2.13. The van der Waals surface area contributed by atoms with Gasteiger partial charge in [-0.25, -0.2) is 0 Å². The van der Waals surface area contributed by atoms with Crippen LogP contribution in [0.15, 0.2) is 36.7 Å². The third kappa shape index (κ3) is 3.42. The van der Waals surface area contributed by atoms with E-state index < -0.39 is 0 Å². The molecule has 1 heterocycles. The molecule has 0 radical (unpaired) electrons. The van der Waals surface area contributed by atoms with Gasteiger partial charge in [-0.05, 0) is 18.2 Å². The van der Waals surface area contributed by atoms with Crippen LogP contribution in [0.3, 0.4) is 0 Å². The number of rotatable bonds is 5. The number of benzene rings is 1. The summed E-state index contributed by atoms with van der Waals surface area (Å²) in [5.74, 6) is 1.36. The lowest BCUT2D eigenvalue weighted by molar-refractivity contribution is 0.102. The molecule has 1 aromatic carbocycles. The standard InChI is InChI=1S/C15H16N2O4/c1-19-11-4-5-14(21-3)13(7-11)17-15(18)10-6-12(20-2)9-16-8-10/h4-9H,1-3H3,(H,17,18). The summed E-state index contributed by atoms with van der Waals surface area (Å²) in [5.41, 5.74) is 0.906. The van der Waals surface area contributed by atoms with Gasteiger partial charge in [-0.15, -0.1) is 0 Å². The van der Waals surface area contributed by atoms with E-state index in [0.717, 1.165) is 0 Å². The van der Waals surface area contributed by atoms with E-state index in [0.29, 0.717) is 28.5 Å². The zero-order chi connectivity index (χ0) is 15.2. The summed E-state index contributed by atoms with van der Waals surface area (Å²) in [7, 11) is 4.60. The molecule has 0 unspecified atom stereocenters. The molecule has 110 valence electrons. The molecule has 0 saturated carbocycles. The van der Waals surface area contributed by atoms with E-state index in [4.69, 9.17) is 14.2 Å². The normalized spacial score (nSPS) is 9.86. The molecule has 0 fully saturated rings. The Kier molecular flexibility index (Phi) is 4.61. The average Bonchev–Trinajstić information content (AvgIpc) is 2.54. The van der Waals surface area contributed by atoms with E-state index in [1.807, 2.05) is 0 Å². The van der Waals surface area contributed by atoms with Crippen molar-refractivity contribution in [3.8, 4) is 17.2 Å². The summed E-state index contributed by atoms with van der Waals surface area (Å²) in [4.78, 5) is 16.2. The third-order valence-corrected chi connectivity index (χ3v) is 2.87. The predicted octanol–water partition coefficient (Wildman–Crippen LogP) is 2.36. The predicted molar refractivity (Wildman–Crippen MR) is 78.3 cm³/mol. The largest absolute Gasteiger partial charge is 0.497 e. The Morgan fingerprint density at radius 1 is 1.00 bits per heavy atom. The number of methoxy groups -OCH3 is 3. The number of anilines is 1. The van der Waals surface area contributed by atoms with Crippen molar-refractivity contribution >= 4 is 11.6 Å². The van der Waals surface area contributed by atoms with Gasteiger partial charge in [-0.3, -0.25) is 9.78 Å². The van der Waals surface area contributed by atoms with E-state index in [2.05, 4.69) is 10.3 Å².